The van der Waals surface area contributed by atoms with Crippen molar-refractivity contribution >= 4 is 6.09 Å². The van der Waals surface area contributed by atoms with Gasteiger partial charge in [0.2, 0.25) is 0 Å². The fourth-order valence-electron chi connectivity index (χ4n) is 1.79. The Hall–Kier alpha value is -0.800. The molecule has 0 saturated carbocycles. The lowest BCUT2D eigenvalue weighted by molar-refractivity contribution is 0.0216. The van der Waals surface area contributed by atoms with Gasteiger partial charge >= 0.3 is 6.09 Å². The van der Waals surface area contributed by atoms with Crippen LogP contribution in [-0.4, -0.2) is 35.4 Å². The summed E-state index contributed by atoms with van der Waals surface area (Å²) in [7, 11) is 0. The molecule has 4 heteroatoms. The van der Waals surface area contributed by atoms with Crippen LogP contribution < -0.4 is 0 Å². The number of hydrogen-bond donors (Lipinski definition) is 0. The lowest BCUT2D eigenvalue weighted by atomic mass is 10.1. The van der Waals surface area contributed by atoms with Crippen LogP contribution in [0.5, 0.6) is 0 Å². The second kappa shape index (κ2) is 4.37. The molecule has 0 aromatic rings. The molecule has 1 aliphatic rings. The average Bonchev–Trinajstić information content (AvgIpc) is 2.43. The zero-order chi connectivity index (χ0) is 11.6. The number of halogens is 1. The molecule has 0 aliphatic carbocycles. The van der Waals surface area contributed by atoms with E-state index >= 15 is 0 Å². The highest BCUT2D eigenvalue weighted by molar-refractivity contribution is 5.69. The van der Waals surface area contributed by atoms with Crippen molar-refractivity contribution in [2.24, 2.45) is 0 Å². The van der Waals surface area contributed by atoms with Gasteiger partial charge in [-0.25, -0.2) is 9.18 Å². The summed E-state index contributed by atoms with van der Waals surface area (Å²) in [5.41, 5.74) is -0.510. The Balaban J connectivity index is 2.59. The number of alkyl halides is 1. The number of ether oxygens (including phenoxy) is 1. The topological polar surface area (TPSA) is 29.5 Å². The van der Waals surface area contributed by atoms with Gasteiger partial charge in [-0.05, 0) is 27.2 Å². The van der Waals surface area contributed by atoms with Gasteiger partial charge in [0.05, 0.1) is 6.54 Å². The lowest BCUT2D eigenvalue weighted by Crippen LogP contribution is -2.39. The van der Waals surface area contributed by atoms with Crippen LogP contribution >= 0.6 is 0 Å². The van der Waals surface area contributed by atoms with Gasteiger partial charge in [-0.15, -0.1) is 0 Å². The number of nitrogens with zero attached hydrogens (tertiary/aromatic N) is 1. The normalized spacial score (nSPS) is 26.9. The molecule has 0 N–H and O–H groups in total. The first-order chi connectivity index (χ1) is 6.83. The molecule has 0 radical (unpaired) electrons. The molecule has 1 fully saturated rings. The molecule has 0 bridgehead atoms. The molecule has 88 valence electrons. The number of likely N-dealkylation sites (tertiary alicyclic amines) is 1. The van der Waals surface area contributed by atoms with E-state index in [1.807, 2.05) is 27.7 Å². The zero-order valence-electron chi connectivity index (χ0n) is 9.92. The highest BCUT2D eigenvalue weighted by Crippen LogP contribution is 2.24. The molecule has 1 unspecified atom stereocenters. The Kier molecular flexibility index (Phi) is 3.58. The van der Waals surface area contributed by atoms with Gasteiger partial charge in [-0.2, -0.15) is 0 Å². The van der Waals surface area contributed by atoms with Crippen LogP contribution in [0.25, 0.3) is 0 Å². The number of carbonyl (C=O) groups excluding carboxylic acids is 1. The van der Waals surface area contributed by atoms with E-state index < -0.39 is 17.9 Å². The van der Waals surface area contributed by atoms with Crippen molar-refractivity contribution in [2.45, 2.75) is 58.4 Å². The van der Waals surface area contributed by atoms with E-state index in [9.17, 15) is 9.18 Å². The van der Waals surface area contributed by atoms with Crippen molar-refractivity contribution in [1.29, 1.82) is 0 Å². The van der Waals surface area contributed by atoms with Crippen LogP contribution in [0, 0.1) is 0 Å². The molecule has 1 rings (SSSR count). The largest absolute Gasteiger partial charge is 0.444 e. The van der Waals surface area contributed by atoms with Crippen molar-refractivity contribution in [3.05, 3.63) is 0 Å². The summed E-state index contributed by atoms with van der Waals surface area (Å²) >= 11 is 0. The third kappa shape index (κ3) is 3.36. The maximum absolute atomic E-state index is 13.2. The highest BCUT2D eigenvalue weighted by atomic mass is 19.1. The standard InChI is InChI=1S/C11H20FNO2/c1-5-9-6-8(12)7-13(9)10(14)15-11(2,3)4/h8-9H,5-7H2,1-4H3/t8-,9?/m0/s1. The van der Waals surface area contributed by atoms with Crippen molar-refractivity contribution < 1.29 is 13.9 Å². The van der Waals surface area contributed by atoms with Gasteiger partial charge in [-0.3, -0.25) is 0 Å². The summed E-state index contributed by atoms with van der Waals surface area (Å²) in [6.45, 7) is 7.58. The van der Waals surface area contributed by atoms with Gasteiger partial charge in [0.15, 0.2) is 0 Å². The molecule has 0 aromatic heterocycles. The maximum Gasteiger partial charge on any atom is 0.410 e. The van der Waals surface area contributed by atoms with E-state index in [0.29, 0.717) is 6.42 Å². The quantitative estimate of drug-likeness (QED) is 0.676. The summed E-state index contributed by atoms with van der Waals surface area (Å²) in [5.74, 6) is 0. The number of amides is 1. The fourth-order valence-corrected chi connectivity index (χ4v) is 1.79. The number of carbonyl (C=O) groups is 1. The van der Waals surface area contributed by atoms with Crippen LogP contribution in [0.4, 0.5) is 9.18 Å². The Morgan fingerprint density at radius 1 is 1.53 bits per heavy atom. The first-order valence-corrected chi connectivity index (χ1v) is 5.47. The Morgan fingerprint density at radius 2 is 2.13 bits per heavy atom. The van der Waals surface area contributed by atoms with E-state index in [2.05, 4.69) is 0 Å². The molecular formula is C11H20FNO2. The molecule has 0 spiro atoms. The Labute approximate surface area is 90.6 Å². The second-order valence-corrected chi connectivity index (χ2v) is 5.03. The minimum absolute atomic E-state index is 0.00477. The van der Waals surface area contributed by atoms with E-state index in [1.165, 1.54) is 4.90 Å². The summed E-state index contributed by atoms with van der Waals surface area (Å²) in [6.07, 6.45) is -0.0768. The number of hydrogen-bond acceptors (Lipinski definition) is 2. The van der Waals surface area contributed by atoms with Crippen molar-refractivity contribution in [3.63, 3.8) is 0 Å². The Bertz CT molecular complexity index is 237. The van der Waals surface area contributed by atoms with Gasteiger partial charge in [0, 0.05) is 12.5 Å². The van der Waals surface area contributed by atoms with Crippen molar-refractivity contribution in [2.75, 3.05) is 6.54 Å². The van der Waals surface area contributed by atoms with Crippen LogP contribution in [0.1, 0.15) is 40.5 Å². The SMILES string of the molecule is CCC1C[C@H](F)CN1C(=O)OC(C)(C)C. The summed E-state index contributed by atoms with van der Waals surface area (Å²) in [6, 6.07) is -0.00477. The fraction of sp³-hybridized carbons (Fsp3) is 0.909. The van der Waals surface area contributed by atoms with E-state index in [1.54, 1.807) is 0 Å². The molecular weight excluding hydrogens is 197 g/mol. The monoisotopic (exact) mass is 217 g/mol. The molecule has 1 saturated heterocycles. The maximum atomic E-state index is 13.2. The van der Waals surface area contributed by atoms with Gasteiger partial charge in [0.1, 0.15) is 11.8 Å². The van der Waals surface area contributed by atoms with Crippen molar-refractivity contribution in [3.8, 4) is 0 Å². The summed E-state index contributed by atoms with van der Waals surface area (Å²) in [4.78, 5) is 13.2. The van der Waals surface area contributed by atoms with Crippen LogP contribution in [-0.2, 0) is 4.74 Å². The van der Waals surface area contributed by atoms with Gasteiger partial charge in [-0.1, -0.05) is 6.92 Å². The predicted octanol–water partition coefficient (Wildman–Crippen LogP) is 2.74. The Morgan fingerprint density at radius 3 is 2.60 bits per heavy atom. The minimum Gasteiger partial charge on any atom is -0.444 e. The molecule has 0 aromatic carbocycles. The highest BCUT2D eigenvalue weighted by Gasteiger charge is 2.36. The minimum atomic E-state index is -0.900. The molecule has 1 amide bonds. The second-order valence-electron chi connectivity index (χ2n) is 5.03. The zero-order valence-corrected chi connectivity index (χ0v) is 9.92. The third-order valence-electron chi connectivity index (χ3n) is 2.46. The smallest absolute Gasteiger partial charge is 0.410 e. The first kappa shape index (κ1) is 12.3. The molecule has 1 aliphatic heterocycles. The molecule has 15 heavy (non-hydrogen) atoms. The lowest BCUT2D eigenvalue weighted by Gasteiger charge is -2.27. The average molecular weight is 217 g/mol. The molecule has 2 atom stereocenters. The van der Waals surface area contributed by atoms with E-state index in [0.717, 1.165) is 6.42 Å². The summed E-state index contributed by atoms with van der Waals surface area (Å²) < 4.78 is 18.4. The van der Waals surface area contributed by atoms with E-state index in [-0.39, 0.29) is 12.6 Å². The van der Waals surface area contributed by atoms with E-state index in [4.69, 9.17) is 4.74 Å². The van der Waals surface area contributed by atoms with Gasteiger partial charge in [0.25, 0.3) is 0 Å². The predicted molar refractivity (Wildman–Crippen MR) is 56.5 cm³/mol. The van der Waals surface area contributed by atoms with Crippen molar-refractivity contribution in [1.82, 2.24) is 4.90 Å². The van der Waals surface area contributed by atoms with Crippen LogP contribution in [0.2, 0.25) is 0 Å². The molecule has 3 nitrogen and oxygen atoms in total. The summed E-state index contributed by atoms with van der Waals surface area (Å²) in [5, 5.41) is 0. The van der Waals surface area contributed by atoms with Crippen LogP contribution in [0.3, 0.4) is 0 Å². The van der Waals surface area contributed by atoms with Crippen LogP contribution in [0.15, 0.2) is 0 Å². The molecule has 1 heterocycles. The first-order valence-electron chi connectivity index (χ1n) is 5.47. The number of rotatable bonds is 1. The third-order valence-corrected chi connectivity index (χ3v) is 2.46. The van der Waals surface area contributed by atoms with Gasteiger partial charge < -0.3 is 9.64 Å².